The lowest BCUT2D eigenvalue weighted by atomic mass is 10.2. The highest BCUT2D eigenvalue weighted by atomic mass is 32.2. The first-order valence-electron chi connectivity index (χ1n) is 5.40. The number of carboxylic acid groups (broad SMARTS) is 1. The number of hydrogen-bond donors (Lipinski definition) is 1. The van der Waals surface area contributed by atoms with Crippen LogP contribution in [0.3, 0.4) is 0 Å². The van der Waals surface area contributed by atoms with Crippen LogP contribution in [-0.2, 0) is 14.3 Å². The summed E-state index contributed by atoms with van der Waals surface area (Å²) in [6.07, 6.45) is 2.23. The third kappa shape index (κ3) is 2.49. The second kappa shape index (κ2) is 5.05. The molecule has 0 bridgehead atoms. The number of carboxylic acids is 1. The van der Waals surface area contributed by atoms with Crippen LogP contribution in [0.4, 0.5) is 0 Å². The van der Waals surface area contributed by atoms with E-state index >= 15 is 0 Å². The minimum Gasteiger partial charge on any atom is -0.480 e. The zero-order valence-corrected chi connectivity index (χ0v) is 9.74. The molecule has 0 aromatic heterocycles. The maximum atomic E-state index is 11.6. The number of ether oxygens (including phenoxy) is 1. The van der Waals surface area contributed by atoms with E-state index in [-0.39, 0.29) is 19.1 Å². The van der Waals surface area contributed by atoms with Crippen molar-refractivity contribution in [3.8, 4) is 0 Å². The molecular formula is C10H15NO4S. The van der Waals surface area contributed by atoms with Crippen molar-refractivity contribution >= 4 is 23.6 Å². The van der Waals surface area contributed by atoms with Crippen LogP contribution in [-0.4, -0.2) is 58.7 Å². The largest absolute Gasteiger partial charge is 0.480 e. The molecule has 0 saturated carbocycles. The fourth-order valence-corrected chi connectivity index (χ4v) is 3.31. The Labute approximate surface area is 98.1 Å². The minimum atomic E-state index is -0.976. The van der Waals surface area contributed by atoms with Gasteiger partial charge in [-0.05, 0) is 18.6 Å². The van der Waals surface area contributed by atoms with E-state index in [1.54, 1.807) is 0 Å². The molecule has 2 saturated heterocycles. The predicted molar refractivity (Wildman–Crippen MR) is 59.4 cm³/mol. The number of morpholine rings is 1. The molecule has 0 aromatic carbocycles. The molecule has 0 radical (unpaired) electrons. The van der Waals surface area contributed by atoms with Gasteiger partial charge >= 0.3 is 5.97 Å². The highest BCUT2D eigenvalue weighted by Crippen LogP contribution is 2.27. The fourth-order valence-electron chi connectivity index (χ4n) is 2.05. The van der Waals surface area contributed by atoms with Gasteiger partial charge in [0.2, 0.25) is 5.91 Å². The van der Waals surface area contributed by atoms with E-state index in [1.165, 1.54) is 4.90 Å². The molecule has 0 spiro atoms. The Hall–Kier alpha value is -0.750. The van der Waals surface area contributed by atoms with Gasteiger partial charge in [-0.3, -0.25) is 4.79 Å². The summed E-state index contributed by atoms with van der Waals surface area (Å²) in [7, 11) is 0. The Morgan fingerprint density at radius 2 is 2.44 bits per heavy atom. The van der Waals surface area contributed by atoms with Gasteiger partial charge in [0, 0.05) is 11.8 Å². The summed E-state index contributed by atoms with van der Waals surface area (Å²) in [5.74, 6) is -0.0665. The van der Waals surface area contributed by atoms with Crippen LogP contribution in [0.2, 0.25) is 0 Å². The van der Waals surface area contributed by atoms with Gasteiger partial charge in [0.05, 0.1) is 6.61 Å². The lowest BCUT2D eigenvalue weighted by Gasteiger charge is -2.34. The monoisotopic (exact) mass is 245 g/mol. The van der Waals surface area contributed by atoms with Gasteiger partial charge in [0.25, 0.3) is 0 Å². The van der Waals surface area contributed by atoms with Gasteiger partial charge in [-0.1, -0.05) is 0 Å². The van der Waals surface area contributed by atoms with Crippen LogP contribution in [0.5, 0.6) is 0 Å². The number of carbonyl (C=O) groups excluding carboxylic acids is 1. The van der Waals surface area contributed by atoms with Gasteiger partial charge < -0.3 is 14.7 Å². The summed E-state index contributed by atoms with van der Waals surface area (Å²) < 4.78 is 4.97. The van der Waals surface area contributed by atoms with Crippen molar-refractivity contribution in [2.75, 3.05) is 25.5 Å². The molecule has 90 valence electrons. The van der Waals surface area contributed by atoms with Gasteiger partial charge in [-0.25, -0.2) is 4.79 Å². The summed E-state index contributed by atoms with van der Waals surface area (Å²) in [6, 6.07) is -0.803. The van der Waals surface area contributed by atoms with E-state index < -0.39 is 12.0 Å². The first-order valence-corrected chi connectivity index (χ1v) is 6.45. The van der Waals surface area contributed by atoms with Crippen molar-refractivity contribution in [3.63, 3.8) is 0 Å². The lowest BCUT2D eigenvalue weighted by Crippen LogP contribution is -2.54. The highest BCUT2D eigenvalue weighted by molar-refractivity contribution is 8.00. The smallest absolute Gasteiger partial charge is 0.328 e. The summed E-state index contributed by atoms with van der Waals surface area (Å²) in [5, 5.41) is 9.41. The van der Waals surface area contributed by atoms with Crippen molar-refractivity contribution in [1.29, 1.82) is 0 Å². The highest BCUT2D eigenvalue weighted by Gasteiger charge is 2.35. The van der Waals surface area contributed by atoms with Crippen LogP contribution >= 0.6 is 11.8 Å². The summed E-state index contributed by atoms with van der Waals surface area (Å²) in [6.45, 7) is 0.670. The number of amides is 1. The standard InChI is InChI=1S/C10H15NO4S/c12-9-6-15-5-8(10(13)14)11(9)4-7-2-1-3-16-7/h7-8H,1-6H2,(H,13,14). The Balaban J connectivity index is 2.00. The number of aliphatic carboxylic acids is 1. The lowest BCUT2D eigenvalue weighted by molar-refractivity contribution is -0.162. The molecule has 5 nitrogen and oxygen atoms in total. The Morgan fingerprint density at radius 1 is 1.62 bits per heavy atom. The minimum absolute atomic E-state index is 0.0150. The van der Waals surface area contributed by atoms with E-state index in [1.807, 2.05) is 11.8 Å². The maximum absolute atomic E-state index is 11.6. The molecule has 16 heavy (non-hydrogen) atoms. The van der Waals surface area contributed by atoms with E-state index in [0.29, 0.717) is 11.8 Å². The average molecular weight is 245 g/mol. The van der Waals surface area contributed by atoms with E-state index in [2.05, 4.69) is 0 Å². The Bertz CT molecular complexity index is 291. The quantitative estimate of drug-likeness (QED) is 0.769. The van der Waals surface area contributed by atoms with Gasteiger partial charge in [-0.15, -0.1) is 0 Å². The molecule has 6 heteroatoms. The Morgan fingerprint density at radius 3 is 3.06 bits per heavy atom. The molecule has 1 amide bonds. The first kappa shape index (κ1) is 11.7. The zero-order valence-electron chi connectivity index (χ0n) is 8.92. The molecule has 2 unspecified atom stereocenters. The normalized spacial score (nSPS) is 30.8. The van der Waals surface area contributed by atoms with Gasteiger partial charge in [0.15, 0.2) is 6.04 Å². The molecule has 2 aliphatic heterocycles. The van der Waals surface area contributed by atoms with Crippen LogP contribution in [0.25, 0.3) is 0 Å². The number of thioether (sulfide) groups is 1. The third-order valence-electron chi connectivity index (χ3n) is 2.91. The van der Waals surface area contributed by atoms with Gasteiger partial charge in [-0.2, -0.15) is 11.8 Å². The second-order valence-corrected chi connectivity index (χ2v) is 5.46. The molecule has 0 aliphatic carbocycles. The first-order chi connectivity index (χ1) is 7.68. The van der Waals surface area contributed by atoms with Crippen molar-refractivity contribution < 1.29 is 19.4 Å². The van der Waals surface area contributed by atoms with Crippen LogP contribution in [0.1, 0.15) is 12.8 Å². The number of carbonyl (C=O) groups is 2. The molecule has 2 heterocycles. The molecular weight excluding hydrogens is 230 g/mol. The molecule has 1 N–H and O–H groups in total. The summed E-state index contributed by atoms with van der Waals surface area (Å²) in [5.41, 5.74) is 0. The van der Waals surface area contributed by atoms with Crippen molar-refractivity contribution in [1.82, 2.24) is 4.90 Å². The van der Waals surface area contributed by atoms with Crippen molar-refractivity contribution in [3.05, 3.63) is 0 Å². The van der Waals surface area contributed by atoms with E-state index in [0.717, 1.165) is 18.6 Å². The number of nitrogens with zero attached hydrogens (tertiary/aromatic N) is 1. The summed E-state index contributed by atoms with van der Waals surface area (Å²) in [4.78, 5) is 24.1. The predicted octanol–water partition coefficient (Wildman–Crippen LogP) is 0.194. The van der Waals surface area contributed by atoms with E-state index in [4.69, 9.17) is 9.84 Å². The SMILES string of the molecule is O=C(O)C1COCC(=O)N1CC1CCCS1. The van der Waals surface area contributed by atoms with Gasteiger partial charge in [0.1, 0.15) is 6.61 Å². The molecule has 2 aliphatic rings. The topological polar surface area (TPSA) is 66.8 Å². The number of rotatable bonds is 3. The second-order valence-electron chi connectivity index (χ2n) is 4.05. The van der Waals surface area contributed by atoms with Crippen LogP contribution in [0, 0.1) is 0 Å². The summed E-state index contributed by atoms with van der Waals surface area (Å²) >= 11 is 1.82. The van der Waals surface area contributed by atoms with E-state index in [9.17, 15) is 9.59 Å². The molecule has 2 atom stereocenters. The third-order valence-corrected chi connectivity index (χ3v) is 4.29. The van der Waals surface area contributed by atoms with Crippen molar-refractivity contribution in [2.24, 2.45) is 0 Å². The molecule has 2 rings (SSSR count). The van der Waals surface area contributed by atoms with Crippen LogP contribution < -0.4 is 0 Å². The zero-order chi connectivity index (χ0) is 11.5. The maximum Gasteiger partial charge on any atom is 0.328 e. The molecule has 0 aromatic rings. The molecule has 2 fully saturated rings. The number of hydrogen-bond acceptors (Lipinski definition) is 4. The van der Waals surface area contributed by atoms with Crippen molar-refractivity contribution in [2.45, 2.75) is 24.1 Å². The van der Waals surface area contributed by atoms with Crippen LogP contribution in [0.15, 0.2) is 0 Å². The average Bonchev–Trinajstić information content (AvgIpc) is 2.73. The Kier molecular flexibility index (Phi) is 3.70. The fraction of sp³-hybridized carbons (Fsp3) is 0.800.